The lowest BCUT2D eigenvalue weighted by molar-refractivity contribution is -0.144. The summed E-state index contributed by atoms with van der Waals surface area (Å²) in [5, 5.41) is 8.63. The summed E-state index contributed by atoms with van der Waals surface area (Å²) in [5.41, 5.74) is -0.252. The Morgan fingerprint density at radius 3 is 2.39 bits per heavy atom. The van der Waals surface area contributed by atoms with Gasteiger partial charge in [-0.3, -0.25) is 4.98 Å². The van der Waals surface area contributed by atoms with Gasteiger partial charge in [-0.2, -0.15) is 13.2 Å². The van der Waals surface area contributed by atoms with Crippen molar-refractivity contribution in [3.05, 3.63) is 47.1 Å². The number of ether oxygens (including phenoxy) is 1. The molecule has 1 atom stereocenters. The van der Waals surface area contributed by atoms with Crippen molar-refractivity contribution in [2.75, 3.05) is 0 Å². The van der Waals surface area contributed by atoms with Gasteiger partial charge >= 0.3 is 12.1 Å². The quantitative estimate of drug-likeness (QED) is 0.898. The van der Waals surface area contributed by atoms with Gasteiger partial charge in [0.25, 0.3) is 0 Å². The minimum Gasteiger partial charge on any atom is -0.479 e. The van der Waals surface area contributed by atoms with E-state index in [9.17, 15) is 18.0 Å². The molecular formula is C15H11ClF3NO3. The largest absolute Gasteiger partial charge is 0.479 e. The Morgan fingerprint density at radius 1 is 1.30 bits per heavy atom. The van der Waals surface area contributed by atoms with Crippen LogP contribution in [0.4, 0.5) is 13.2 Å². The van der Waals surface area contributed by atoms with Gasteiger partial charge in [-0.05, 0) is 37.3 Å². The van der Waals surface area contributed by atoms with E-state index in [1.165, 1.54) is 31.2 Å². The lowest BCUT2D eigenvalue weighted by atomic mass is 10.1. The van der Waals surface area contributed by atoms with Crippen LogP contribution in [0.15, 0.2) is 36.5 Å². The summed E-state index contributed by atoms with van der Waals surface area (Å²) in [7, 11) is 0. The van der Waals surface area contributed by atoms with Crippen LogP contribution in [0, 0.1) is 0 Å². The number of hydrogen-bond acceptors (Lipinski definition) is 3. The van der Waals surface area contributed by atoms with Gasteiger partial charge in [0.2, 0.25) is 0 Å². The molecule has 2 rings (SSSR count). The first-order valence-corrected chi connectivity index (χ1v) is 6.79. The highest BCUT2D eigenvalue weighted by atomic mass is 35.5. The fourth-order valence-corrected chi connectivity index (χ4v) is 2.03. The molecule has 1 N–H and O–H groups in total. The van der Waals surface area contributed by atoms with Crippen molar-refractivity contribution in [2.24, 2.45) is 0 Å². The third-order valence-electron chi connectivity index (χ3n) is 2.96. The average molecular weight is 346 g/mol. The number of carbonyl (C=O) groups is 1. The monoisotopic (exact) mass is 345 g/mol. The van der Waals surface area contributed by atoms with Gasteiger partial charge in [-0.25, -0.2) is 4.79 Å². The van der Waals surface area contributed by atoms with Crippen LogP contribution in [0.3, 0.4) is 0 Å². The van der Waals surface area contributed by atoms with E-state index >= 15 is 0 Å². The number of hydrogen-bond donors (Lipinski definition) is 1. The zero-order valence-electron chi connectivity index (χ0n) is 11.8. The number of carboxylic acids is 1. The van der Waals surface area contributed by atoms with E-state index in [1.807, 2.05) is 0 Å². The lowest BCUT2D eigenvalue weighted by Crippen LogP contribution is -2.22. The molecule has 0 unspecified atom stereocenters. The van der Waals surface area contributed by atoms with Crippen molar-refractivity contribution in [3.8, 4) is 17.0 Å². The third-order valence-corrected chi connectivity index (χ3v) is 3.25. The van der Waals surface area contributed by atoms with Gasteiger partial charge in [0, 0.05) is 11.8 Å². The van der Waals surface area contributed by atoms with Crippen molar-refractivity contribution in [1.82, 2.24) is 4.98 Å². The number of aliphatic carboxylic acids is 1. The molecule has 8 heteroatoms. The first-order chi connectivity index (χ1) is 10.7. The Labute approximate surface area is 134 Å². The summed E-state index contributed by atoms with van der Waals surface area (Å²) in [6, 6.07) is 6.85. The molecule has 0 radical (unpaired) electrons. The molecule has 0 bridgehead atoms. The molecule has 0 fully saturated rings. The van der Waals surface area contributed by atoms with Gasteiger partial charge in [0.15, 0.2) is 6.10 Å². The molecule has 1 aromatic heterocycles. The first kappa shape index (κ1) is 17.1. The number of nitrogens with zero attached hydrogens (tertiary/aromatic N) is 1. The number of benzene rings is 1. The Morgan fingerprint density at radius 2 is 1.91 bits per heavy atom. The molecule has 0 aliphatic heterocycles. The molecule has 122 valence electrons. The van der Waals surface area contributed by atoms with Crippen LogP contribution in [0.1, 0.15) is 12.5 Å². The molecule has 2 aromatic rings. The Balaban J connectivity index is 2.24. The molecule has 0 aliphatic rings. The van der Waals surface area contributed by atoms with Gasteiger partial charge in [-0.1, -0.05) is 11.6 Å². The summed E-state index contributed by atoms with van der Waals surface area (Å²) in [4.78, 5) is 14.5. The molecule has 0 aliphatic carbocycles. The van der Waals surface area contributed by atoms with Gasteiger partial charge in [0.05, 0.1) is 16.3 Å². The van der Waals surface area contributed by atoms with E-state index in [0.29, 0.717) is 17.5 Å². The molecule has 0 spiro atoms. The summed E-state index contributed by atoms with van der Waals surface area (Å²) in [6.45, 7) is 1.38. The SMILES string of the molecule is C[C@@H](Oc1ccc(-c2ncc(C(F)(F)F)cc2Cl)cc1)C(=O)O. The van der Waals surface area contributed by atoms with Crippen LogP contribution in [-0.4, -0.2) is 22.2 Å². The van der Waals surface area contributed by atoms with E-state index in [-0.39, 0.29) is 10.7 Å². The van der Waals surface area contributed by atoms with Gasteiger partial charge in [0.1, 0.15) is 5.75 Å². The Kier molecular flexibility index (Phi) is 4.79. The number of rotatable bonds is 4. The second kappa shape index (κ2) is 6.45. The smallest absolute Gasteiger partial charge is 0.417 e. The summed E-state index contributed by atoms with van der Waals surface area (Å²) in [6.07, 6.45) is -4.83. The Bertz CT molecular complexity index is 717. The van der Waals surface area contributed by atoms with E-state index in [4.69, 9.17) is 21.4 Å². The molecule has 23 heavy (non-hydrogen) atoms. The number of alkyl halides is 3. The van der Waals surface area contributed by atoms with E-state index < -0.39 is 23.8 Å². The third kappa shape index (κ3) is 4.13. The fraction of sp³-hybridized carbons (Fsp3) is 0.200. The van der Waals surface area contributed by atoms with Crippen LogP contribution in [0.2, 0.25) is 5.02 Å². The van der Waals surface area contributed by atoms with Crippen molar-refractivity contribution >= 4 is 17.6 Å². The highest BCUT2D eigenvalue weighted by Crippen LogP contribution is 2.34. The second-order valence-electron chi connectivity index (χ2n) is 4.67. The van der Waals surface area contributed by atoms with Crippen molar-refractivity contribution in [3.63, 3.8) is 0 Å². The molecule has 0 saturated carbocycles. The number of halogens is 4. The molecule has 1 aromatic carbocycles. The molecule has 0 saturated heterocycles. The van der Waals surface area contributed by atoms with Crippen molar-refractivity contribution in [2.45, 2.75) is 19.2 Å². The maximum atomic E-state index is 12.6. The number of aromatic nitrogens is 1. The normalized spacial score (nSPS) is 12.7. The molecule has 1 heterocycles. The van der Waals surface area contributed by atoms with Crippen LogP contribution in [-0.2, 0) is 11.0 Å². The van der Waals surface area contributed by atoms with E-state index in [0.717, 1.165) is 6.07 Å². The van der Waals surface area contributed by atoms with Crippen LogP contribution < -0.4 is 4.74 Å². The second-order valence-corrected chi connectivity index (χ2v) is 5.08. The minimum absolute atomic E-state index is 0.132. The molecule has 4 nitrogen and oxygen atoms in total. The van der Waals surface area contributed by atoms with Crippen LogP contribution >= 0.6 is 11.6 Å². The van der Waals surface area contributed by atoms with Gasteiger partial charge < -0.3 is 9.84 Å². The predicted octanol–water partition coefficient (Wildman–Crippen LogP) is 4.27. The maximum absolute atomic E-state index is 12.6. The van der Waals surface area contributed by atoms with E-state index in [1.54, 1.807) is 0 Å². The number of carboxylic acid groups (broad SMARTS) is 1. The van der Waals surface area contributed by atoms with Crippen molar-refractivity contribution < 1.29 is 27.8 Å². The van der Waals surface area contributed by atoms with Gasteiger partial charge in [-0.15, -0.1) is 0 Å². The minimum atomic E-state index is -4.51. The summed E-state index contributed by atoms with van der Waals surface area (Å²) in [5.74, 6) is -0.798. The maximum Gasteiger partial charge on any atom is 0.417 e. The molecule has 0 amide bonds. The number of pyridine rings is 1. The summed E-state index contributed by atoms with van der Waals surface area (Å²) < 4.78 is 42.9. The van der Waals surface area contributed by atoms with Crippen LogP contribution in [0.5, 0.6) is 5.75 Å². The predicted molar refractivity (Wildman–Crippen MR) is 77.4 cm³/mol. The van der Waals surface area contributed by atoms with Crippen molar-refractivity contribution in [1.29, 1.82) is 0 Å². The average Bonchev–Trinajstić information content (AvgIpc) is 2.47. The standard InChI is InChI=1S/C15H11ClF3NO3/c1-8(14(21)22)23-11-4-2-9(3-5-11)13-12(16)6-10(7-20-13)15(17,18)19/h2-8H,1H3,(H,21,22)/t8-/m1/s1. The van der Waals surface area contributed by atoms with Crippen LogP contribution in [0.25, 0.3) is 11.3 Å². The first-order valence-electron chi connectivity index (χ1n) is 6.41. The highest BCUT2D eigenvalue weighted by Gasteiger charge is 2.31. The lowest BCUT2D eigenvalue weighted by Gasteiger charge is -2.12. The summed E-state index contributed by atoms with van der Waals surface area (Å²) >= 11 is 5.86. The zero-order valence-corrected chi connectivity index (χ0v) is 12.5. The van der Waals surface area contributed by atoms with E-state index in [2.05, 4.69) is 4.98 Å². The highest BCUT2D eigenvalue weighted by molar-refractivity contribution is 6.33. The topological polar surface area (TPSA) is 59.4 Å². The Hall–Kier alpha value is -2.28. The fourth-order valence-electron chi connectivity index (χ4n) is 1.75. The molecular weight excluding hydrogens is 335 g/mol. The zero-order chi connectivity index (χ0) is 17.2.